The average molecular weight is 278 g/mol. The van der Waals surface area contributed by atoms with E-state index < -0.39 is 5.97 Å². The van der Waals surface area contributed by atoms with Gasteiger partial charge >= 0.3 is 5.97 Å². The van der Waals surface area contributed by atoms with Gasteiger partial charge in [-0.25, -0.2) is 0 Å². The monoisotopic (exact) mass is 278 g/mol. The van der Waals surface area contributed by atoms with Gasteiger partial charge in [-0.1, -0.05) is 56.2 Å². The van der Waals surface area contributed by atoms with E-state index >= 15 is 0 Å². The first-order valence-corrected chi connectivity index (χ1v) is 7.95. The molecule has 0 rings (SSSR count). The van der Waals surface area contributed by atoms with Gasteiger partial charge in [0.05, 0.1) is 0 Å². The van der Waals surface area contributed by atoms with Crippen molar-refractivity contribution in [1.29, 1.82) is 0 Å². The largest absolute Gasteiger partial charge is 0.481 e. The van der Waals surface area contributed by atoms with Crippen LogP contribution in [0.5, 0.6) is 0 Å². The van der Waals surface area contributed by atoms with E-state index in [2.05, 4.69) is 43.4 Å². The summed E-state index contributed by atoms with van der Waals surface area (Å²) in [7, 11) is 0. The van der Waals surface area contributed by atoms with Crippen LogP contribution >= 0.6 is 0 Å². The third kappa shape index (κ3) is 16.7. The Morgan fingerprint density at radius 2 is 1.35 bits per heavy atom. The standard InChI is InChI=1S/C18H30O2/c1-2-3-4-5-6-7-8-9-10-11-12-13-14-15-16-17-18(19)20/h6-7,10-13H,2-5,8-9,14-17H2,1H3,(H,19,20)/b7-6+,11-10+,13-12+. The summed E-state index contributed by atoms with van der Waals surface area (Å²) in [4.78, 5) is 10.3. The van der Waals surface area contributed by atoms with Crippen molar-refractivity contribution in [3.05, 3.63) is 36.5 Å². The fraction of sp³-hybridized carbons (Fsp3) is 0.611. The number of unbranched alkanes of at least 4 members (excludes halogenated alkanes) is 6. The Kier molecular flexibility index (Phi) is 14.7. The zero-order valence-corrected chi connectivity index (χ0v) is 12.9. The van der Waals surface area contributed by atoms with Gasteiger partial charge in [0.1, 0.15) is 0 Å². The molecule has 0 amide bonds. The van der Waals surface area contributed by atoms with Gasteiger partial charge in [0.2, 0.25) is 0 Å². The van der Waals surface area contributed by atoms with Crippen LogP contribution in [0.2, 0.25) is 0 Å². The molecule has 0 aliphatic heterocycles. The zero-order chi connectivity index (χ0) is 14.9. The van der Waals surface area contributed by atoms with Gasteiger partial charge in [-0.15, -0.1) is 0 Å². The first kappa shape index (κ1) is 18.7. The first-order valence-electron chi connectivity index (χ1n) is 7.95. The highest BCUT2D eigenvalue weighted by Crippen LogP contribution is 2.02. The maximum atomic E-state index is 10.3. The lowest BCUT2D eigenvalue weighted by molar-refractivity contribution is -0.137. The van der Waals surface area contributed by atoms with Crippen LogP contribution in [-0.4, -0.2) is 11.1 Å². The second-order valence-electron chi connectivity index (χ2n) is 5.04. The maximum Gasteiger partial charge on any atom is 0.303 e. The Labute approximate surface area is 124 Å². The quantitative estimate of drug-likeness (QED) is 0.268. The molecule has 114 valence electrons. The molecule has 0 aromatic carbocycles. The molecular weight excluding hydrogens is 248 g/mol. The summed E-state index contributed by atoms with van der Waals surface area (Å²) in [5.74, 6) is -0.698. The van der Waals surface area contributed by atoms with Gasteiger partial charge < -0.3 is 5.11 Å². The van der Waals surface area contributed by atoms with E-state index in [0.29, 0.717) is 0 Å². The number of hydrogen-bond donors (Lipinski definition) is 1. The highest BCUT2D eigenvalue weighted by Gasteiger charge is 1.93. The van der Waals surface area contributed by atoms with Gasteiger partial charge in [-0.2, -0.15) is 0 Å². The molecule has 0 saturated carbocycles. The minimum atomic E-state index is -0.698. The van der Waals surface area contributed by atoms with E-state index in [9.17, 15) is 4.79 Å². The molecule has 0 aliphatic rings. The smallest absolute Gasteiger partial charge is 0.303 e. The Morgan fingerprint density at radius 3 is 2.05 bits per heavy atom. The van der Waals surface area contributed by atoms with Crippen LogP contribution in [-0.2, 0) is 4.79 Å². The Hall–Kier alpha value is -1.31. The van der Waals surface area contributed by atoms with E-state index in [-0.39, 0.29) is 6.42 Å². The Morgan fingerprint density at radius 1 is 0.800 bits per heavy atom. The second-order valence-corrected chi connectivity index (χ2v) is 5.04. The summed E-state index contributed by atoms with van der Waals surface area (Å²) in [5.41, 5.74) is 0. The summed E-state index contributed by atoms with van der Waals surface area (Å²) in [6.45, 7) is 2.23. The van der Waals surface area contributed by atoms with Crippen LogP contribution in [0, 0.1) is 0 Å². The molecule has 0 aliphatic carbocycles. The van der Waals surface area contributed by atoms with Crippen LogP contribution in [0.3, 0.4) is 0 Å². The maximum absolute atomic E-state index is 10.3. The van der Waals surface area contributed by atoms with Crippen molar-refractivity contribution in [3.8, 4) is 0 Å². The molecule has 0 radical (unpaired) electrons. The number of allylic oxidation sites excluding steroid dienone is 6. The number of carbonyl (C=O) groups is 1. The second kappa shape index (κ2) is 15.7. The Balaban J connectivity index is 3.32. The summed E-state index contributed by atoms with van der Waals surface area (Å²) in [6.07, 6.45) is 23.4. The van der Waals surface area contributed by atoms with Crippen molar-refractivity contribution in [2.45, 2.75) is 71.1 Å². The van der Waals surface area contributed by atoms with Crippen molar-refractivity contribution < 1.29 is 9.90 Å². The fourth-order valence-electron chi connectivity index (χ4n) is 1.83. The van der Waals surface area contributed by atoms with Gasteiger partial charge in [-0.3, -0.25) is 4.79 Å². The molecule has 0 aromatic heterocycles. The number of aliphatic carboxylic acids is 1. The molecule has 0 bridgehead atoms. The molecule has 20 heavy (non-hydrogen) atoms. The lowest BCUT2D eigenvalue weighted by Crippen LogP contribution is -1.92. The number of carboxylic acids is 1. The van der Waals surface area contributed by atoms with Crippen molar-refractivity contribution in [2.75, 3.05) is 0 Å². The van der Waals surface area contributed by atoms with Gasteiger partial charge in [0.15, 0.2) is 0 Å². The molecule has 0 saturated heterocycles. The van der Waals surface area contributed by atoms with Crippen molar-refractivity contribution in [2.24, 2.45) is 0 Å². The lowest BCUT2D eigenvalue weighted by atomic mass is 10.2. The lowest BCUT2D eigenvalue weighted by Gasteiger charge is -1.92. The van der Waals surface area contributed by atoms with E-state index in [1.165, 1.54) is 25.7 Å². The minimum Gasteiger partial charge on any atom is -0.481 e. The molecule has 2 nitrogen and oxygen atoms in total. The van der Waals surface area contributed by atoms with Crippen LogP contribution in [0.25, 0.3) is 0 Å². The van der Waals surface area contributed by atoms with E-state index in [1.54, 1.807) is 0 Å². The number of rotatable bonds is 13. The van der Waals surface area contributed by atoms with Crippen LogP contribution in [0.1, 0.15) is 71.1 Å². The highest BCUT2D eigenvalue weighted by molar-refractivity contribution is 5.66. The summed E-state index contributed by atoms with van der Waals surface area (Å²) in [5, 5.41) is 8.48. The van der Waals surface area contributed by atoms with Crippen LogP contribution < -0.4 is 0 Å². The molecule has 2 heteroatoms. The Bertz CT molecular complexity index is 301. The number of carboxylic acid groups (broad SMARTS) is 1. The zero-order valence-electron chi connectivity index (χ0n) is 12.9. The first-order chi connectivity index (χ1) is 9.77. The molecule has 0 fully saturated rings. The predicted molar refractivity (Wildman–Crippen MR) is 86.9 cm³/mol. The summed E-state index contributed by atoms with van der Waals surface area (Å²) in [6, 6.07) is 0. The van der Waals surface area contributed by atoms with Crippen molar-refractivity contribution in [3.63, 3.8) is 0 Å². The third-order valence-electron chi connectivity index (χ3n) is 3.04. The van der Waals surface area contributed by atoms with Gasteiger partial charge in [0.25, 0.3) is 0 Å². The number of hydrogen-bond acceptors (Lipinski definition) is 1. The van der Waals surface area contributed by atoms with Crippen molar-refractivity contribution in [1.82, 2.24) is 0 Å². The average Bonchev–Trinajstić information content (AvgIpc) is 2.43. The SMILES string of the molecule is CCCCC/C=C/CC/C=C/C=C/CCCCC(=O)O. The highest BCUT2D eigenvalue weighted by atomic mass is 16.4. The summed E-state index contributed by atoms with van der Waals surface area (Å²) >= 11 is 0. The molecule has 0 atom stereocenters. The molecule has 0 unspecified atom stereocenters. The predicted octanol–water partition coefficient (Wildman–Crippen LogP) is 5.66. The molecule has 0 heterocycles. The molecular formula is C18H30O2. The van der Waals surface area contributed by atoms with E-state index in [1.807, 2.05) is 0 Å². The van der Waals surface area contributed by atoms with Gasteiger partial charge in [-0.05, 0) is 44.9 Å². The molecule has 0 aromatic rings. The molecule has 1 N–H and O–H groups in total. The molecule has 0 spiro atoms. The normalized spacial score (nSPS) is 12.1. The third-order valence-corrected chi connectivity index (χ3v) is 3.04. The topological polar surface area (TPSA) is 37.3 Å². The minimum absolute atomic E-state index is 0.286. The van der Waals surface area contributed by atoms with Crippen LogP contribution in [0.15, 0.2) is 36.5 Å². The summed E-state index contributed by atoms with van der Waals surface area (Å²) < 4.78 is 0. The van der Waals surface area contributed by atoms with E-state index in [4.69, 9.17) is 5.11 Å². The fourth-order valence-corrected chi connectivity index (χ4v) is 1.83. The van der Waals surface area contributed by atoms with Gasteiger partial charge in [0, 0.05) is 6.42 Å². The van der Waals surface area contributed by atoms with Crippen LogP contribution in [0.4, 0.5) is 0 Å². The van der Waals surface area contributed by atoms with E-state index in [0.717, 1.165) is 32.1 Å². The van der Waals surface area contributed by atoms with Crippen molar-refractivity contribution >= 4 is 5.97 Å².